The Morgan fingerprint density at radius 1 is 0.944 bits per heavy atom. The van der Waals surface area contributed by atoms with Gasteiger partial charge < -0.3 is 54.0 Å². The van der Waals surface area contributed by atoms with Crippen molar-refractivity contribution in [1.82, 2.24) is 0 Å². The van der Waals surface area contributed by atoms with E-state index in [0.717, 1.165) is 20.3 Å². The summed E-state index contributed by atoms with van der Waals surface area (Å²) in [5.74, 6) is -6.13. The van der Waals surface area contributed by atoms with E-state index in [0.29, 0.717) is 0 Å². The highest BCUT2D eigenvalue weighted by Gasteiger charge is 2.72. The van der Waals surface area contributed by atoms with E-state index in [4.69, 9.17) is 28.4 Å². The van der Waals surface area contributed by atoms with Crippen LogP contribution in [0.25, 0.3) is 0 Å². The van der Waals surface area contributed by atoms with Gasteiger partial charge >= 0.3 is 5.97 Å². The van der Waals surface area contributed by atoms with Crippen molar-refractivity contribution >= 4 is 34.7 Å². The van der Waals surface area contributed by atoms with Crippen LogP contribution in [0.5, 0.6) is 11.5 Å². The van der Waals surface area contributed by atoms with Crippen LogP contribution in [0, 0.1) is 6.92 Å². The molecule has 5 N–H and O–H groups in total. The van der Waals surface area contributed by atoms with Crippen LogP contribution in [0.2, 0.25) is 0 Å². The van der Waals surface area contributed by atoms with Crippen molar-refractivity contribution in [3.63, 3.8) is 0 Å². The number of ketones is 3. The number of aryl methyl sites for hydroxylation is 1. The molecule has 1 heterocycles. The van der Waals surface area contributed by atoms with Crippen LogP contribution in [0.4, 0.5) is 0 Å². The molecule has 0 saturated carbocycles. The lowest BCUT2D eigenvalue weighted by atomic mass is 9.56. The van der Waals surface area contributed by atoms with Gasteiger partial charge in [0.05, 0.1) is 49.5 Å². The van der Waals surface area contributed by atoms with Crippen LogP contribution >= 0.6 is 0 Å². The van der Waals surface area contributed by atoms with Gasteiger partial charge in [0.2, 0.25) is 17.3 Å². The number of aromatic hydroxyl groups is 2. The number of nitrogens with zero attached hydrogens (tertiary/aromatic N) is 2. The van der Waals surface area contributed by atoms with E-state index >= 15 is 0 Å². The van der Waals surface area contributed by atoms with Crippen LogP contribution in [-0.4, -0.2) is 151 Å². The standard InChI is InChI=1S/C37H42N2O15/c1-14-10-16-11-21(40)37(53-7)33(46)24-18(32(45)36(37,48)25(16)28(43)22(14)35(47)52-6)12-17-23(27(24)42)19(38-8-9-49-3)13-20(26(17)41)39-34-31(51-5)29(44)30(50-4)15(2)54-34/h10,12,15,21,29-31,34,40,42-44,48H,8-9,11,13H2,1-7H3/t15-,21+,29+,30-,31+,34-,36-,37+/m0/s1. The number of methoxy groups -OCH3 is 5. The SMILES string of the molecule is COCCN=C1CC(=N[C@H]2O[C@@H](C)[C@H](OC)[C@@H](O)[C@H]2OC)C(=O)c2cc3c(c(O)c21)C(=O)[C@]1(OC)[C@H](O)Cc2cc(C)c(C(=O)OC)c(O)c2[C@]1(O)C3=O. The third kappa shape index (κ3) is 5.36. The van der Waals surface area contributed by atoms with Crippen molar-refractivity contribution in [2.45, 2.75) is 74.6 Å². The molecule has 0 aromatic heterocycles. The van der Waals surface area contributed by atoms with Crippen molar-refractivity contribution < 1.29 is 73.1 Å². The highest BCUT2D eigenvalue weighted by molar-refractivity contribution is 6.54. The number of Topliss-reactive ketones (excluding diaryl/α,β-unsaturated/α-hetero) is 3. The van der Waals surface area contributed by atoms with Gasteiger partial charge in [0.1, 0.15) is 35.4 Å². The monoisotopic (exact) mass is 754 g/mol. The smallest absolute Gasteiger partial charge is 0.341 e. The number of fused-ring (bicyclic) bond motifs is 5. The number of aliphatic imine (C=N–C) groups is 2. The number of carbonyl (C=O) groups excluding carboxylic acids is 4. The number of phenolic OH excluding ortho intramolecular Hbond substituents is 2. The number of phenols is 2. The largest absolute Gasteiger partial charge is 0.507 e. The Morgan fingerprint density at radius 2 is 1.63 bits per heavy atom. The molecule has 0 radical (unpaired) electrons. The van der Waals surface area contributed by atoms with Crippen LogP contribution in [0.3, 0.4) is 0 Å². The molecule has 1 aliphatic heterocycles. The molecule has 0 bridgehead atoms. The molecule has 2 aromatic rings. The summed E-state index contributed by atoms with van der Waals surface area (Å²) in [5, 5.41) is 58.6. The zero-order valence-electron chi connectivity index (χ0n) is 30.7. The van der Waals surface area contributed by atoms with E-state index in [1.807, 2.05) is 0 Å². The van der Waals surface area contributed by atoms with Crippen LogP contribution in [0.15, 0.2) is 22.1 Å². The second-order valence-corrected chi connectivity index (χ2v) is 13.6. The Labute approximate surface area is 309 Å². The predicted molar refractivity (Wildman–Crippen MR) is 186 cm³/mol. The molecular formula is C37H42N2O15. The van der Waals surface area contributed by atoms with Crippen LogP contribution in [0.1, 0.15) is 77.0 Å². The van der Waals surface area contributed by atoms with Gasteiger partial charge in [-0.25, -0.2) is 4.79 Å². The van der Waals surface area contributed by atoms with Crippen LogP contribution < -0.4 is 0 Å². The first-order chi connectivity index (χ1) is 25.6. The summed E-state index contributed by atoms with van der Waals surface area (Å²) in [6, 6.07) is 2.37. The van der Waals surface area contributed by atoms with Crippen molar-refractivity contribution in [2.75, 3.05) is 48.7 Å². The van der Waals surface area contributed by atoms with Gasteiger partial charge in [-0.2, -0.15) is 0 Å². The number of hydrogen-bond donors (Lipinski definition) is 5. The fourth-order valence-corrected chi connectivity index (χ4v) is 8.32. The Bertz CT molecular complexity index is 2010. The number of ether oxygens (including phenoxy) is 6. The fourth-order valence-electron chi connectivity index (χ4n) is 8.32. The van der Waals surface area contributed by atoms with E-state index in [1.165, 1.54) is 34.3 Å². The number of aliphatic hydroxyl groups is 3. The average Bonchev–Trinajstić information content (AvgIpc) is 3.12. The van der Waals surface area contributed by atoms with E-state index in [1.54, 1.807) is 6.92 Å². The fraction of sp³-hybridized carbons (Fsp3) is 0.514. The van der Waals surface area contributed by atoms with Gasteiger partial charge in [-0.05, 0) is 31.0 Å². The highest BCUT2D eigenvalue weighted by Crippen LogP contribution is 2.56. The normalized spacial score (nSPS) is 31.9. The molecule has 0 unspecified atom stereocenters. The van der Waals surface area contributed by atoms with Gasteiger partial charge in [0.15, 0.2) is 17.4 Å². The van der Waals surface area contributed by atoms with Crippen molar-refractivity contribution in [3.05, 3.63) is 56.6 Å². The molecule has 17 heteroatoms. The number of carbonyl (C=O) groups is 4. The molecule has 6 rings (SSSR count). The number of rotatable bonds is 8. The molecule has 4 aliphatic rings. The molecule has 290 valence electrons. The maximum Gasteiger partial charge on any atom is 0.341 e. The summed E-state index contributed by atoms with van der Waals surface area (Å²) in [4.78, 5) is 65.7. The Balaban J connectivity index is 1.59. The molecule has 54 heavy (non-hydrogen) atoms. The third-order valence-corrected chi connectivity index (χ3v) is 10.8. The van der Waals surface area contributed by atoms with Gasteiger partial charge in [-0.3, -0.25) is 24.4 Å². The number of esters is 1. The summed E-state index contributed by atoms with van der Waals surface area (Å²) < 4.78 is 32.4. The van der Waals surface area contributed by atoms with Crippen molar-refractivity contribution in [3.8, 4) is 11.5 Å². The first-order valence-electron chi connectivity index (χ1n) is 17.0. The molecule has 1 saturated heterocycles. The Kier molecular flexibility index (Phi) is 10.4. The summed E-state index contributed by atoms with van der Waals surface area (Å²) in [5.41, 5.74) is -8.75. The van der Waals surface area contributed by atoms with Gasteiger partial charge in [0, 0.05) is 63.5 Å². The minimum Gasteiger partial charge on any atom is -0.507 e. The van der Waals surface area contributed by atoms with Crippen molar-refractivity contribution in [2.24, 2.45) is 9.98 Å². The zero-order valence-corrected chi connectivity index (χ0v) is 30.7. The minimum atomic E-state index is -3.20. The maximum absolute atomic E-state index is 14.8. The van der Waals surface area contributed by atoms with Gasteiger partial charge in [0.25, 0.3) is 0 Å². The van der Waals surface area contributed by atoms with Crippen molar-refractivity contribution in [1.29, 1.82) is 0 Å². The molecule has 3 aliphatic carbocycles. The molecular weight excluding hydrogens is 712 g/mol. The maximum atomic E-state index is 14.8. The zero-order chi connectivity index (χ0) is 39.6. The quantitative estimate of drug-likeness (QED) is 0.180. The lowest BCUT2D eigenvalue weighted by Crippen LogP contribution is -2.73. The lowest BCUT2D eigenvalue weighted by molar-refractivity contribution is -0.228. The number of benzene rings is 2. The summed E-state index contributed by atoms with van der Waals surface area (Å²) in [7, 11) is 6.20. The summed E-state index contributed by atoms with van der Waals surface area (Å²) in [6.07, 6.45) is -7.56. The lowest BCUT2D eigenvalue weighted by Gasteiger charge is -2.53. The Morgan fingerprint density at radius 3 is 2.24 bits per heavy atom. The summed E-state index contributed by atoms with van der Waals surface area (Å²) in [6.45, 7) is 3.29. The molecule has 8 atom stereocenters. The average molecular weight is 755 g/mol. The van der Waals surface area contributed by atoms with Gasteiger partial charge in [-0.15, -0.1) is 0 Å². The van der Waals surface area contributed by atoms with Crippen LogP contribution in [-0.2, 0) is 40.4 Å². The molecule has 2 aromatic carbocycles. The first kappa shape index (κ1) is 39.2. The van der Waals surface area contributed by atoms with Gasteiger partial charge in [-0.1, -0.05) is 6.07 Å². The summed E-state index contributed by atoms with van der Waals surface area (Å²) >= 11 is 0. The molecule has 0 amide bonds. The Hall–Kier alpha value is -4.46. The molecule has 0 spiro atoms. The molecule has 1 fully saturated rings. The first-order valence-corrected chi connectivity index (χ1v) is 17.0. The number of hydrogen-bond acceptors (Lipinski definition) is 17. The van der Waals surface area contributed by atoms with E-state index in [-0.39, 0.29) is 53.2 Å². The van der Waals surface area contributed by atoms with E-state index < -0.39 is 111 Å². The van der Waals surface area contributed by atoms with E-state index in [9.17, 15) is 44.7 Å². The second-order valence-electron chi connectivity index (χ2n) is 13.6. The number of aliphatic hydroxyl groups excluding tert-OH is 2. The third-order valence-electron chi connectivity index (χ3n) is 10.8. The molecule has 17 nitrogen and oxygen atoms in total. The minimum absolute atomic E-state index is 0.0254. The topological polar surface area (TPSA) is 250 Å². The second kappa shape index (κ2) is 14.3. The predicted octanol–water partition coefficient (Wildman–Crippen LogP) is 0.360. The van der Waals surface area contributed by atoms with E-state index in [2.05, 4.69) is 9.98 Å². The highest BCUT2D eigenvalue weighted by atomic mass is 16.6.